The Morgan fingerprint density at radius 2 is 1.20 bits per heavy atom. The topological polar surface area (TPSA) is 64.3 Å². The molecule has 6 heteroatoms. The molecule has 0 atom stereocenters. The molecule has 0 saturated carbocycles. The fraction of sp³-hybridized carbons (Fsp3) is 0. The summed E-state index contributed by atoms with van der Waals surface area (Å²) in [4.78, 5) is 4.15. The predicted octanol–water partition coefficient (Wildman–Crippen LogP) is 13.8. The number of benzene rings is 8. The molecule has 0 bridgehead atoms. The number of nitrogens with zero attached hydrogens (tertiary/aromatic N) is 4. The van der Waals surface area contributed by atoms with Crippen LogP contribution in [0, 0.1) is 17.9 Å². The van der Waals surface area contributed by atoms with Crippen molar-refractivity contribution in [3.05, 3.63) is 175 Å². The number of fused-ring (bicyclic) bond motifs is 14. The lowest BCUT2D eigenvalue weighted by molar-refractivity contribution is 0.669. The first-order valence-corrected chi connectivity index (χ1v) is 18.4. The molecular formula is C50H26N4O2. The predicted molar refractivity (Wildman–Crippen MR) is 226 cm³/mol. The highest BCUT2D eigenvalue weighted by molar-refractivity contribution is 6.26. The molecule has 12 rings (SSSR count). The minimum Gasteiger partial charge on any atom is -0.456 e. The van der Waals surface area contributed by atoms with Gasteiger partial charge in [-0.25, -0.2) is 4.85 Å². The first-order chi connectivity index (χ1) is 27.7. The lowest BCUT2D eigenvalue weighted by Crippen LogP contribution is -2.02. The maximum atomic E-state index is 10.0. The first kappa shape index (κ1) is 30.4. The van der Waals surface area contributed by atoms with Gasteiger partial charge >= 0.3 is 0 Å². The Morgan fingerprint density at radius 1 is 0.500 bits per heavy atom. The van der Waals surface area contributed by atoms with E-state index in [0.717, 1.165) is 110 Å². The Kier molecular flexibility index (Phi) is 6.10. The van der Waals surface area contributed by atoms with Crippen LogP contribution in [0.25, 0.3) is 115 Å². The van der Waals surface area contributed by atoms with Gasteiger partial charge in [-0.2, -0.15) is 5.26 Å². The van der Waals surface area contributed by atoms with Gasteiger partial charge in [-0.1, -0.05) is 91.0 Å². The lowest BCUT2D eigenvalue weighted by Gasteiger charge is -2.20. The quantitative estimate of drug-likeness (QED) is 0.171. The molecule has 4 heterocycles. The van der Waals surface area contributed by atoms with Gasteiger partial charge < -0.3 is 18.0 Å². The summed E-state index contributed by atoms with van der Waals surface area (Å²) in [5.41, 5.74) is 11.8. The highest BCUT2D eigenvalue weighted by Gasteiger charge is 2.25. The monoisotopic (exact) mass is 714 g/mol. The molecule has 0 aliphatic rings. The molecule has 0 unspecified atom stereocenters. The zero-order valence-electron chi connectivity index (χ0n) is 29.6. The van der Waals surface area contributed by atoms with E-state index in [1.807, 2.05) is 60.7 Å². The van der Waals surface area contributed by atoms with Gasteiger partial charge in [0.1, 0.15) is 22.3 Å². The summed E-state index contributed by atoms with van der Waals surface area (Å²) < 4.78 is 17.6. The maximum absolute atomic E-state index is 10.0. The minimum absolute atomic E-state index is 0.510. The van der Waals surface area contributed by atoms with Crippen LogP contribution in [-0.2, 0) is 0 Å². The molecule has 0 saturated heterocycles. The lowest BCUT2D eigenvalue weighted by atomic mass is 9.99. The second-order valence-corrected chi connectivity index (χ2v) is 14.2. The molecule has 0 aliphatic carbocycles. The van der Waals surface area contributed by atoms with Crippen LogP contribution in [0.1, 0.15) is 5.56 Å². The van der Waals surface area contributed by atoms with Crippen LogP contribution in [0.4, 0.5) is 5.69 Å². The van der Waals surface area contributed by atoms with E-state index >= 15 is 0 Å². The Hall–Kier alpha value is -8.06. The van der Waals surface area contributed by atoms with E-state index in [-0.39, 0.29) is 0 Å². The zero-order valence-corrected chi connectivity index (χ0v) is 29.6. The van der Waals surface area contributed by atoms with Crippen molar-refractivity contribution in [3.8, 4) is 28.6 Å². The van der Waals surface area contributed by atoms with Gasteiger partial charge in [0, 0.05) is 37.9 Å². The van der Waals surface area contributed by atoms with Crippen molar-refractivity contribution in [1.82, 2.24) is 9.13 Å². The molecule has 8 aromatic carbocycles. The van der Waals surface area contributed by atoms with E-state index in [2.05, 4.69) is 117 Å². The molecule has 12 aromatic rings. The van der Waals surface area contributed by atoms with E-state index in [1.165, 1.54) is 0 Å². The van der Waals surface area contributed by atoms with Crippen molar-refractivity contribution in [2.75, 3.05) is 0 Å². The van der Waals surface area contributed by atoms with Crippen molar-refractivity contribution in [2.24, 2.45) is 0 Å². The van der Waals surface area contributed by atoms with Crippen molar-refractivity contribution in [1.29, 1.82) is 5.26 Å². The van der Waals surface area contributed by atoms with Crippen molar-refractivity contribution >= 4 is 93.2 Å². The Labute approximate surface area is 318 Å². The molecule has 4 aromatic heterocycles. The van der Waals surface area contributed by atoms with Crippen LogP contribution in [0.5, 0.6) is 0 Å². The summed E-state index contributed by atoms with van der Waals surface area (Å²) >= 11 is 0. The second-order valence-electron chi connectivity index (χ2n) is 14.2. The van der Waals surface area contributed by atoms with Crippen LogP contribution in [0.3, 0.4) is 0 Å². The number of para-hydroxylation sites is 5. The van der Waals surface area contributed by atoms with Gasteiger partial charge in [0.05, 0.1) is 62.4 Å². The van der Waals surface area contributed by atoms with Gasteiger partial charge in [-0.3, -0.25) is 0 Å². The summed E-state index contributed by atoms with van der Waals surface area (Å²) in [5.74, 6) is 0. The molecule has 6 nitrogen and oxygen atoms in total. The van der Waals surface area contributed by atoms with Gasteiger partial charge in [0.15, 0.2) is 0 Å². The SMILES string of the molecule is [C-]#[N+]c1cccc(-c2ccccc2-n2c3ccccc3c3ccc4oc5ccccc5c4c32)c1-n1c2ccc(C#N)cc2c2c3oc4ccccc4c3ccc21. The maximum Gasteiger partial charge on any atom is 0.211 e. The van der Waals surface area contributed by atoms with Crippen LogP contribution >= 0.6 is 0 Å². The summed E-state index contributed by atoms with van der Waals surface area (Å²) in [6.07, 6.45) is 0. The van der Waals surface area contributed by atoms with Crippen LogP contribution < -0.4 is 0 Å². The van der Waals surface area contributed by atoms with Crippen molar-refractivity contribution in [3.63, 3.8) is 0 Å². The third kappa shape index (κ3) is 3.97. The van der Waals surface area contributed by atoms with Crippen LogP contribution in [0.15, 0.2) is 167 Å². The summed E-state index contributed by atoms with van der Waals surface area (Å²) in [7, 11) is 0. The average Bonchev–Trinajstić information content (AvgIpc) is 4.00. The average molecular weight is 715 g/mol. The smallest absolute Gasteiger partial charge is 0.211 e. The van der Waals surface area contributed by atoms with Gasteiger partial charge in [0.2, 0.25) is 5.69 Å². The van der Waals surface area contributed by atoms with E-state index in [0.29, 0.717) is 11.3 Å². The Bertz CT molecular complexity index is 3750. The normalized spacial score (nSPS) is 11.9. The first-order valence-electron chi connectivity index (χ1n) is 18.4. The number of furan rings is 2. The van der Waals surface area contributed by atoms with Crippen LogP contribution in [-0.4, -0.2) is 9.13 Å². The second kappa shape index (κ2) is 11.2. The van der Waals surface area contributed by atoms with E-state index in [9.17, 15) is 5.26 Å². The fourth-order valence-corrected chi connectivity index (χ4v) is 9.08. The molecule has 0 radical (unpaired) electrons. The Morgan fingerprint density at radius 3 is 2.05 bits per heavy atom. The van der Waals surface area contributed by atoms with E-state index in [4.69, 9.17) is 15.4 Å². The van der Waals surface area contributed by atoms with Gasteiger partial charge in [-0.05, 0) is 72.3 Å². The number of hydrogen-bond acceptors (Lipinski definition) is 3. The molecule has 0 aliphatic heterocycles. The molecule has 0 spiro atoms. The highest BCUT2D eigenvalue weighted by atomic mass is 16.3. The number of hydrogen-bond donors (Lipinski definition) is 0. The van der Waals surface area contributed by atoms with Crippen LogP contribution in [0.2, 0.25) is 0 Å². The number of nitriles is 1. The third-order valence-electron chi connectivity index (χ3n) is 11.4. The molecular weight excluding hydrogens is 689 g/mol. The largest absolute Gasteiger partial charge is 0.456 e. The zero-order chi connectivity index (χ0) is 37.1. The third-order valence-corrected chi connectivity index (χ3v) is 11.4. The van der Waals surface area contributed by atoms with E-state index < -0.39 is 0 Å². The Balaban J connectivity index is 1.22. The van der Waals surface area contributed by atoms with Gasteiger partial charge in [-0.15, -0.1) is 0 Å². The molecule has 0 N–H and O–H groups in total. The summed E-state index contributed by atoms with van der Waals surface area (Å²) in [5, 5.41) is 18.3. The standard InChI is InChI=1S/C50H26N4O2/c1-52-38-16-10-15-33(48(38)54-41-24-21-29(28-51)27-37(41)46-42(54)25-22-35-32-13-4-8-19-43(32)56-50(35)46)30-11-2-6-17-39(30)53-40-18-7-3-12-31(40)34-23-26-45-47(49(34)53)36-14-5-9-20-44(36)55-45/h2-27H. The fourth-order valence-electron chi connectivity index (χ4n) is 9.08. The van der Waals surface area contributed by atoms with Crippen molar-refractivity contribution in [2.45, 2.75) is 0 Å². The molecule has 56 heavy (non-hydrogen) atoms. The molecule has 0 amide bonds. The number of rotatable bonds is 3. The van der Waals surface area contributed by atoms with Crippen molar-refractivity contribution < 1.29 is 8.83 Å². The minimum atomic E-state index is 0.510. The molecule has 0 fully saturated rings. The number of aromatic nitrogens is 2. The highest BCUT2D eigenvalue weighted by Crippen LogP contribution is 2.47. The summed E-state index contributed by atoms with van der Waals surface area (Å²) in [6, 6.07) is 55.8. The van der Waals surface area contributed by atoms with Gasteiger partial charge in [0.25, 0.3) is 0 Å². The van der Waals surface area contributed by atoms with E-state index in [1.54, 1.807) is 0 Å². The molecule has 258 valence electrons. The summed E-state index contributed by atoms with van der Waals surface area (Å²) in [6.45, 7) is 8.52.